The first-order valence-corrected chi connectivity index (χ1v) is 7.15. The van der Waals surface area contributed by atoms with E-state index in [1.807, 2.05) is 0 Å². The number of esters is 1. The molecule has 0 unspecified atom stereocenters. The lowest BCUT2D eigenvalue weighted by atomic mass is 9.96. The van der Waals surface area contributed by atoms with Crippen LogP contribution in [-0.2, 0) is 19.6 Å². The van der Waals surface area contributed by atoms with Crippen LogP contribution in [0.2, 0.25) is 0 Å². The molecular formula is C10H19NO4S. The minimum absolute atomic E-state index is 0.526. The Labute approximate surface area is 96.8 Å². The van der Waals surface area contributed by atoms with Crippen molar-refractivity contribution >= 4 is 16.0 Å². The molecule has 0 spiro atoms. The van der Waals surface area contributed by atoms with Crippen LogP contribution in [0.4, 0.5) is 0 Å². The number of rotatable bonds is 4. The predicted octanol–water partition coefficient (Wildman–Crippen LogP) is 0.611. The molecule has 5 nitrogen and oxygen atoms in total. The maximum atomic E-state index is 11.8. The topological polar surface area (TPSA) is 63.7 Å². The van der Waals surface area contributed by atoms with Gasteiger partial charge in [0.25, 0.3) is 0 Å². The number of hydrogen-bond acceptors (Lipinski definition) is 4. The maximum Gasteiger partial charge on any atom is 0.322 e. The highest BCUT2D eigenvalue weighted by molar-refractivity contribution is 7.89. The molecule has 0 N–H and O–H groups in total. The van der Waals surface area contributed by atoms with Gasteiger partial charge >= 0.3 is 5.97 Å². The van der Waals surface area contributed by atoms with Crippen LogP contribution in [0.3, 0.4) is 0 Å². The SMILES string of the molecule is CCC1CCN(S(=O)(=O)CC(=O)OC)CC1. The number of ether oxygens (including phenoxy) is 1. The molecule has 1 fully saturated rings. The van der Waals surface area contributed by atoms with Crippen molar-refractivity contribution in [2.45, 2.75) is 26.2 Å². The van der Waals surface area contributed by atoms with Gasteiger partial charge in [0.2, 0.25) is 10.0 Å². The highest BCUT2D eigenvalue weighted by Gasteiger charge is 2.29. The minimum atomic E-state index is -3.47. The molecule has 6 heteroatoms. The standard InChI is InChI=1S/C10H19NO4S/c1-3-9-4-6-11(7-5-9)16(13,14)8-10(12)15-2/h9H,3-8H2,1-2H3. The van der Waals surface area contributed by atoms with Gasteiger partial charge in [0.15, 0.2) is 5.75 Å². The van der Waals surface area contributed by atoms with Crippen molar-refractivity contribution in [3.8, 4) is 0 Å². The normalized spacial score (nSPS) is 19.6. The summed E-state index contributed by atoms with van der Waals surface area (Å²) >= 11 is 0. The highest BCUT2D eigenvalue weighted by atomic mass is 32.2. The number of nitrogens with zero attached hydrogens (tertiary/aromatic N) is 1. The monoisotopic (exact) mass is 249 g/mol. The third kappa shape index (κ3) is 3.45. The Morgan fingerprint density at radius 3 is 2.38 bits per heavy atom. The molecule has 0 aliphatic carbocycles. The molecule has 0 atom stereocenters. The zero-order valence-electron chi connectivity index (χ0n) is 9.81. The van der Waals surface area contributed by atoms with Crippen molar-refractivity contribution in [2.75, 3.05) is 26.0 Å². The number of hydrogen-bond donors (Lipinski definition) is 0. The Bertz CT molecular complexity index is 331. The number of carbonyl (C=O) groups excluding carboxylic acids is 1. The summed E-state index contributed by atoms with van der Waals surface area (Å²) in [6.45, 7) is 3.17. The quantitative estimate of drug-likeness (QED) is 0.685. The van der Waals surface area contributed by atoms with Crippen molar-refractivity contribution in [1.29, 1.82) is 0 Å². The van der Waals surface area contributed by atoms with E-state index in [4.69, 9.17) is 0 Å². The fraction of sp³-hybridized carbons (Fsp3) is 0.900. The summed E-state index contributed by atoms with van der Waals surface area (Å²) in [5.74, 6) is -0.623. The zero-order chi connectivity index (χ0) is 12.2. The number of sulfonamides is 1. The van der Waals surface area contributed by atoms with Crippen LogP contribution in [0.5, 0.6) is 0 Å². The average Bonchev–Trinajstić information content (AvgIpc) is 2.28. The van der Waals surface area contributed by atoms with Gasteiger partial charge < -0.3 is 4.74 Å². The molecule has 0 aromatic rings. The molecule has 1 saturated heterocycles. The molecule has 0 radical (unpaired) electrons. The van der Waals surface area contributed by atoms with Crippen molar-refractivity contribution in [3.63, 3.8) is 0 Å². The summed E-state index contributed by atoms with van der Waals surface area (Å²) < 4.78 is 29.3. The second-order valence-corrected chi connectivity index (χ2v) is 6.05. The molecule has 1 rings (SSSR count). The summed E-state index contributed by atoms with van der Waals surface area (Å²) in [7, 11) is -2.27. The smallest absolute Gasteiger partial charge is 0.322 e. The number of methoxy groups -OCH3 is 1. The summed E-state index contributed by atoms with van der Waals surface area (Å²) in [6, 6.07) is 0. The van der Waals surface area contributed by atoms with Gasteiger partial charge in [-0.25, -0.2) is 12.7 Å². The van der Waals surface area contributed by atoms with Crippen LogP contribution < -0.4 is 0 Å². The van der Waals surface area contributed by atoms with Crippen LogP contribution >= 0.6 is 0 Å². The van der Waals surface area contributed by atoms with Gasteiger partial charge in [0.1, 0.15) is 0 Å². The van der Waals surface area contributed by atoms with Crippen LogP contribution in [0.1, 0.15) is 26.2 Å². The Morgan fingerprint density at radius 1 is 1.38 bits per heavy atom. The summed E-state index contributed by atoms with van der Waals surface area (Å²) in [4.78, 5) is 11.0. The largest absolute Gasteiger partial charge is 0.468 e. The Hall–Kier alpha value is -0.620. The van der Waals surface area contributed by atoms with Crippen LogP contribution in [0.25, 0.3) is 0 Å². The Kier molecular flexibility index (Phi) is 4.73. The second-order valence-electron chi connectivity index (χ2n) is 4.08. The first kappa shape index (κ1) is 13.4. The van der Waals surface area contributed by atoms with Crippen LogP contribution in [0.15, 0.2) is 0 Å². The molecule has 1 aliphatic rings. The van der Waals surface area contributed by atoms with E-state index in [0.29, 0.717) is 19.0 Å². The van der Waals surface area contributed by atoms with E-state index in [-0.39, 0.29) is 0 Å². The van der Waals surface area contributed by atoms with Gasteiger partial charge in [0, 0.05) is 13.1 Å². The molecule has 16 heavy (non-hydrogen) atoms. The van der Waals surface area contributed by atoms with E-state index < -0.39 is 21.7 Å². The van der Waals surface area contributed by atoms with E-state index in [9.17, 15) is 13.2 Å². The number of carbonyl (C=O) groups is 1. The van der Waals surface area contributed by atoms with E-state index in [1.165, 1.54) is 11.4 Å². The highest BCUT2D eigenvalue weighted by Crippen LogP contribution is 2.22. The van der Waals surface area contributed by atoms with Crippen molar-refractivity contribution in [1.82, 2.24) is 4.31 Å². The fourth-order valence-electron chi connectivity index (χ4n) is 1.89. The Balaban J connectivity index is 2.55. The average molecular weight is 249 g/mol. The summed E-state index contributed by atoms with van der Waals surface area (Å²) in [5, 5.41) is 0. The minimum Gasteiger partial charge on any atom is -0.468 e. The lowest BCUT2D eigenvalue weighted by Gasteiger charge is -2.30. The van der Waals surface area contributed by atoms with Gasteiger partial charge in [0.05, 0.1) is 7.11 Å². The molecule has 0 aromatic carbocycles. The molecule has 1 heterocycles. The van der Waals surface area contributed by atoms with E-state index in [0.717, 1.165) is 19.3 Å². The molecule has 0 aromatic heterocycles. The molecule has 0 saturated carbocycles. The first-order chi connectivity index (χ1) is 7.49. The fourth-order valence-corrected chi connectivity index (χ4v) is 3.26. The van der Waals surface area contributed by atoms with Crippen molar-refractivity contribution in [3.05, 3.63) is 0 Å². The first-order valence-electron chi connectivity index (χ1n) is 5.54. The molecule has 0 bridgehead atoms. The molecule has 94 valence electrons. The maximum absolute atomic E-state index is 11.8. The third-order valence-corrected chi connectivity index (χ3v) is 4.82. The van der Waals surface area contributed by atoms with Gasteiger partial charge in [-0.15, -0.1) is 0 Å². The second kappa shape index (κ2) is 5.63. The lowest BCUT2D eigenvalue weighted by molar-refractivity contribution is -0.137. The van der Waals surface area contributed by atoms with E-state index in [1.54, 1.807) is 0 Å². The van der Waals surface area contributed by atoms with Gasteiger partial charge in [-0.3, -0.25) is 4.79 Å². The summed E-state index contributed by atoms with van der Waals surface area (Å²) in [5.41, 5.74) is 0. The van der Waals surface area contributed by atoms with Crippen LogP contribution in [-0.4, -0.2) is 44.6 Å². The van der Waals surface area contributed by atoms with Gasteiger partial charge in [-0.2, -0.15) is 0 Å². The van der Waals surface area contributed by atoms with Crippen molar-refractivity contribution < 1.29 is 17.9 Å². The number of piperidine rings is 1. The Morgan fingerprint density at radius 2 is 1.94 bits per heavy atom. The van der Waals surface area contributed by atoms with Gasteiger partial charge in [-0.1, -0.05) is 13.3 Å². The van der Waals surface area contributed by atoms with Gasteiger partial charge in [-0.05, 0) is 18.8 Å². The van der Waals surface area contributed by atoms with E-state index in [2.05, 4.69) is 11.7 Å². The lowest BCUT2D eigenvalue weighted by Crippen LogP contribution is -2.41. The molecule has 0 amide bonds. The summed E-state index contributed by atoms with van der Waals surface area (Å²) in [6.07, 6.45) is 2.86. The van der Waals surface area contributed by atoms with Crippen molar-refractivity contribution in [2.24, 2.45) is 5.92 Å². The third-order valence-electron chi connectivity index (χ3n) is 3.07. The molecular weight excluding hydrogens is 230 g/mol. The zero-order valence-corrected chi connectivity index (χ0v) is 10.6. The predicted molar refractivity (Wildman–Crippen MR) is 60.4 cm³/mol. The van der Waals surface area contributed by atoms with Crippen LogP contribution in [0, 0.1) is 5.92 Å². The molecule has 1 aliphatic heterocycles. The van der Waals surface area contributed by atoms with E-state index >= 15 is 0 Å².